The van der Waals surface area contributed by atoms with E-state index in [1.807, 2.05) is 70.3 Å². The summed E-state index contributed by atoms with van der Waals surface area (Å²) in [7, 11) is -3.02. The van der Waals surface area contributed by atoms with Crippen molar-refractivity contribution in [1.29, 1.82) is 0 Å². The number of Topliss-reactive ketones (excluding diaryl/α,β-unsaturated/α-hetero) is 1. The Kier molecular flexibility index (Phi) is 8.72. The van der Waals surface area contributed by atoms with Crippen LogP contribution in [0.4, 0.5) is 23.7 Å². The van der Waals surface area contributed by atoms with E-state index in [0.29, 0.717) is 16.7 Å². The van der Waals surface area contributed by atoms with Crippen molar-refractivity contribution in [3.05, 3.63) is 137 Å². The summed E-state index contributed by atoms with van der Waals surface area (Å²) < 4.78 is 64.2. The maximum absolute atomic E-state index is 15.4. The van der Waals surface area contributed by atoms with Crippen LogP contribution in [0.2, 0.25) is 18.1 Å². The Balaban J connectivity index is 1.80. The highest BCUT2D eigenvalue weighted by atomic mass is 28.4. The minimum Gasteiger partial charge on any atom is -0.443 e. The maximum Gasteiger partial charge on any atom is 0.419 e. The van der Waals surface area contributed by atoms with Crippen molar-refractivity contribution in [3.8, 4) is 0 Å². The SMILES string of the molecule is CC(C)(C)OC(=O)N1c2cc(C(F)(F)F)ccc2[C@]2(Cc3ccccc3)[C@@]1(O[Si](C)(C)C(C)(C)C)O[C@]2(C(=O)c1ccccc1)c1ccccc1. The topological polar surface area (TPSA) is 65.1 Å². The molecule has 1 saturated heterocycles. The number of carbonyl (C=O) groups is 2. The van der Waals surface area contributed by atoms with Gasteiger partial charge in [-0.1, -0.05) is 118 Å². The summed E-state index contributed by atoms with van der Waals surface area (Å²) in [6, 6.07) is 30.3. The third-order valence-electron chi connectivity index (χ3n) is 10.4. The molecule has 51 heavy (non-hydrogen) atoms. The lowest BCUT2D eigenvalue weighted by Gasteiger charge is -2.68. The Morgan fingerprint density at radius 2 is 1.33 bits per heavy atom. The second kappa shape index (κ2) is 12.2. The van der Waals surface area contributed by atoms with E-state index >= 15 is 4.79 Å². The summed E-state index contributed by atoms with van der Waals surface area (Å²) in [4.78, 5) is 31.3. The van der Waals surface area contributed by atoms with Crippen molar-refractivity contribution < 1.29 is 36.7 Å². The molecule has 0 radical (unpaired) electrons. The predicted octanol–water partition coefficient (Wildman–Crippen LogP) is 10.4. The van der Waals surface area contributed by atoms with Crippen molar-refractivity contribution in [2.24, 2.45) is 0 Å². The van der Waals surface area contributed by atoms with Gasteiger partial charge in [-0.3, -0.25) is 4.79 Å². The zero-order valence-electron chi connectivity index (χ0n) is 30.2. The average molecular weight is 716 g/mol. The maximum atomic E-state index is 15.4. The number of alkyl halides is 3. The number of nitrogens with zero attached hydrogens (tertiary/aromatic N) is 1. The number of fused-ring (bicyclic) bond motifs is 3. The van der Waals surface area contributed by atoms with E-state index in [1.165, 1.54) is 6.07 Å². The summed E-state index contributed by atoms with van der Waals surface area (Å²) in [6.45, 7) is 15.1. The summed E-state index contributed by atoms with van der Waals surface area (Å²) in [5.74, 6) is -2.53. The normalized spacial score (nSPS) is 23.2. The number of carbonyl (C=O) groups excluding carboxylic acids is 2. The first-order valence-electron chi connectivity index (χ1n) is 17.0. The molecule has 2 aliphatic rings. The Labute approximate surface area is 298 Å². The Morgan fingerprint density at radius 1 is 0.784 bits per heavy atom. The van der Waals surface area contributed by atoms with Crippen LogP contribution in [0.3, 0.4) is 0 Å². The van der Waals surface area contributed by atoms with Crippen molar-refractivity contribution in [2.75, 3.05) is 4.90 Å². The Morgan fingerprint density at radius 3 is 1.86 bits per heavy atom. The number of hydrogen-bond acceptors (Lipinski definition) is 5. The summed E-state index contributed by atoms with van der Waals surface area (Å²) >= 11 is 0. The molecule has 268 valence electrons. The lowest BCUT2D eigenvalue weighted by Crippen LogP contribution is -2.85. The van der Waals surface area contributed by atoms with Crippen LogP contribution in [0.25, 0.3) is 0 Å². The molecule has 0 N–H and O–H groups in total. The van der Waals surface area contributed by atoms with E-state index in [4.69, 9.17) is 13.9 Å². The van der Waals surface area contributed by atoms with Gasteiger partial charge in [0.15, 0.2) is 13.9 Å². The van der Waals surface area contributed by atoms with Gasteiger partial charge in [-0.15, -0.1) is 0 Å². The van der Waals surface area contributed by atoms with Crippen molar-refractivity contribution in [1.82, 2.24) is 0 Å². The molecule has 6 nitrogen and oxygen atoms in total. The number of halogens is 3. The van der Waals surface area contributed by atoms with E-state index in [2.05, 4.69) is 0 Å². The fraction of sp³-hybridized carbons (Fsp3) is 0.366. The first kappa shape index (κ1) is 36.5. The van der Waals surface area contributed by atoms with Gasteiger partial charge in [-0.2, -0.15) is 13.2 Å². The molecule has 10 heteroatoms. The van der Waals surface area contributed by atoms with E-state index < -0.39 is 59.5 Å². The van der Waals surface area contributed by atoms with Gasteiger partial charge < -0.3 is 13.9 Å². The highest BCUT2D eigenvalue weighted by Crippen LogP contribution is 2.74. The van der Waals surface area contributed by atoms with Crippen LogP contribution < -0.4 is 4.90 Å². The van der Waals surface area contributed by atoms with Gasteiger partial charge in [0.25, 0.3) is 5.91 Å². The second-order valence-corrected chi connectivity index (χ2v) is 20.6. The van der Waals surface area contributed by atoms with Crippen molar-refractivity contribution >= 4 is 25.9 Å². The molecule has 2 aliphatic heterocycles. The third-order valence-corrected chi connectivity index (χ3v) is 14.8. The molecule has 0 aliphatic carbocycles. The van der Waals surface area contributed by atoms with E-state index in [1.54, 1.807) is 75.4 Å². The first-order chi connectivity index (χ1) is 23.7. The number of rotatable bonds is 7. The molecule has 4 aromatic rings. The molecule has 0 bridgehead atoms. The summed E-state index contributed by atoms with van der Waals surface area (Å²) in [5, 5.41) is -0.455. The third kappa shape index (κ3) is 5.72. The monoisotopic (exact) mass is 715 g/mol. The zero-order chi connectivity index (χ0) is 37.3. The molecule has 0 spiro atoms. The van der Waals surface area contributed by atoms with Gasteiger partial charge in [0.05, 0.1) is 11.3 Å². The molecule has 1 fully saturated rings. The number of ether oxygens (including phenoxy) is 2. The second-order valence-electron chi connectivity index (χ2n) is 15.9. The molecule has 2 heterocycles. The first-order valence-corrected chi connectivity index (χ1v) is 20.0. The highest BCUT2D eigenvalue weighted by molar-refractivity contribution is 6.74. The van der Waals surface area contributed by atoms with Crippen LogP contribution in [0.1, 0.15) is 74.2 Å². The quantitative estimate of drug-likeness (QED) is 0.141. The standard InChI is InChI=1S/C41H44F3NO5Si/c1-36(2,3)48-35(47)45-33-26-31(40(42,43)44)24-25-32(33)38(27-28-18-12-9-13-19-28)39(30-22-16-11-17-23-30,34(46)29-20-14-10-15-21-29)49-41(38,45)50-51(7,8)37(4,5)6/h9-26H,27H2,1-8H3/t38-,39-,41-/m0/s1. The van der Waals surface area contributed by atoms with Gasteiger partial charge in [-0.05, 0) is 74.1 Å². The molecule has 0 unspecified atom stereocenters. The minimum absolute atomic E-state index is 0.0631. The molecule has 4 aromatic carbocycles. The van der Waals surface area contributed by atoms with E-state index in [-0.39, 0.29) is 12.1 Å². The van der Waals surface area contributed by atoms with E-state index in [9.17, 15) is 18.0 Å². The molecule has 0 aromatic heterocycles. The van der Waals surface area contributed by atoms with Crippen molar-refractivity contribution in [2.45, 2.75) is 94.8 Å². The van der Waals surface area contributed by atoms with Crippen LogP contribution in [0.15, 0.2) is 109 Å². The lowest BCUT2D eigenvalue weighted by molar-refractivity contribution is -0.397. The number of amides is 1. The largest absolute Gasteiger partial charge is 0.443 e. The van der Waals surface area contributed by atoms with Gasteiger partial charge in [0.1, 0.15) is 11.0 Å². The zero-order valence-corrected chi connectivity index (χ0v) is 31.2. The Hall–Kier alpha value is -4.25. The molecule has 6 rings (SSSR count). The summed E-state index contributed by atoms with van der Waals surface area (Å²) in [6.07, 6.45) is -5.63. The number of benzene rings is 4. The molecular formula is C41H44F3NO5Si. The smallest absolute Gasteiger partial charge is 0.419 e. The van der Waals surface area contributed by atoms with Crippen LogP contribution in [-0.4, -0.2) is 31.7 Å². The summed E-state index contributed by atoms with van der Waals surface area (Å²) in [5.41, 5.74) is -3.71. The number of hydrogen-bond donors (Lipinski definition) is 0. The van der Waals surface area contributed by atoms with Crippen LogP contribution in [0, 0.1) is 0 Å². The lowest BCUT2D eigenvalue weighted by atomic mass is 9.53. The highest BCUT2D eigenvalue weighted by Gasteiger charge is 2.88. The fourth-order valence-corrected chi connectivity index (χ4v) is 8.43. The van der Waals surface area contributed by atoms with Crippen LogP contribution >= 0.6 is 0 Å². The fourth-order valence-electron chi connectivity index (χ4n) is 7.12. The van der Waals surface area contributed by atoms with E-state index in [0.717, 1.165) is 22.6 Å². The van der Waals surface area contributed by atoms with Crippen LogP contribution in [0.5, 0.6) is 0 Å². The van der Waals surface area contributed by atoms with Crippen molar-refractivity contribution in [3.63, 3.8) is 0 Å². The average Bonchev–Trinajstić information content (AvgIpc) is 3.22. The molecule has 3 atom stereocenters. The number of ketones is 1. The van der Waals surface area contributed by atoms with Gasteiger partial charge in [0.2, 0.25) is 5.78 Å². The Bertz CT molecular complexity index is 1940. The van der Waals surface area contributed by atoms with Gasteiger partial charge in [-0.25, -0.2) is 9.69 Å². The molecular weight excluding hydrogens is 672 g/mol. The predicted molar refractivity (Wildman–Crippen MR) is 193 cm³/mol. The van der Waals surface area contributed by atoms with Crippen LogP contribution in [-0.2, 0) is 37.5 Å². The number of anilines is 1. The van der Waals surface area contributed by atoms with Gasteiger partial charge in [0, 0.05) is 5.56 Å². The minimum atomic E-state index is -4.74. The molecule has 0 saturated carbocycles. The van der Waals surface area contributed by atoms with Gasteiger partial charge >= 0.3 is 12.3 Å². The molecule has 1 amide bonds.